The Bertz CT molecular complexity index is 273. The van der Waals surface area contributed by atoms with Gasteiger partial charge in [-0.05, 0) is 20.8 Å². The predicted molar refractivity (Wildman–Crippen MR) is 67.9 cm³/mol. The summed E-state index contributed by atoms with van der Waals surface area (Å²) >= 11 is 0. The molecule has 0 aromatic heterocycles. The molecule has 0 bridgehead atoms. The largest absolute Gasteiger partial charge is 0.304 e. The first-order valence-electron chi connectivity index (χ1n) is 4.77. The van der Waals surface area contributed by atoms with Gasteiger partial charge in [-0.25, -0.2) is 0 Å². The van der Waals surface area contributed by atoms with E-state index >= 15 is 0 Å². The first-order valence-corrected chi connectivity index (χ1v) is 4.77. The molecule has 0 aliphatic carbocycles. The molecule has 1 heteroatoms. The maximum atomic E-state index is 8.81. The van der Waals surface area contributed by atoms with Crippen LogP contribution in [0.25, 0.3) is 0 Å². The van der Waals surface area contributed by atoms with Gasteiger partial charge in [-0.2, -0.15) is 0 Å². The van der Waals surface area contributed by atoms with Crippen molar-refractivity contribution in [1.29, 1.82) is 0 Å². The van der Waals surface area contributed by atoms with Crippen LogP contribution in [0.4, 0.5) is 0 Å². The lowest BCUT2D eigenvalue weighted by Gasteiger charge is -1.82. The molecule has 0 aliphatic rings. The number of carbonyl (C=O) groups is 1. The summed E-state index contributed by atoms with van der Waals surface area (Å²) in [5.41, 5.74) is 2.34. The number of carbonyl (C=O) groups excluding carboxylic acids is 1. The number of hydrogen-bond donors (Lipinski definition) is 0. The molecular weight excluding hydrogens is 184 g/mol. The van der Waals surface area contributed by atoms with Gasteiger partial charge in [0.05, 0.1) is 0 Å². The lowest BCUT2D eigenvalue weighted by atomic mass is 10.2. The van der Waals surface area contributed by atoms with Gasteiger partial charge in [0.25, 0.3) is 0 Å². The van der Waals surface area contributed by atoms with E-state index in [2.05, 4.69) is 32.2 Å². The average molecular weight is 204 g/mol. The molecule has 82 valence electrons. The first kappa shape index (κ1) is 15.8. The summed E-state index contributed by atoms with van der Waals surface area (Å²) in [5, 5.41) is 0. The molecule has 0 N–H and O–H groups in total. The van der Waals surface area contributed by atoms with Gasteiger partial charge in [0.15, 0.2) is 0 Å². The number of aldehydes is 1. The number of aryl methyl sites for hydroxylation is 1. The highest BCUT2D eigenvalue weighted by atomic mass is 16.1. The van der Waals surface area contributed by atoms with Crippen LogP contribution >= 0.6 is 0 Å². The van der Waals surface area contributed by atoms with Crippen LogP contribution in [0.5, 0.6) is 0 Å². The van der Waals surface area contributed by atoms with Crippen molar-refractivity contribution in [3.63, 3.8) is 0 Å². The van der Waals surface area contributed by atoms with E-state index in [0.717, 1.165) is 11.9 Å². The fraction of sp³-hybridized carbons (Fsp3) is 0.214. The molecule has 0 amide bonds. The normalized spacial score (nSPS) is 7.13. The summed E-state index contributed by atoms with van der Waals surface area (Å²) < 4.78 is 0. The Hall–Kier alpha value is -1.63. The van der Waals surface area contributed by atoms with Crippen molar-refractivity contribution < 1.29 is 4.79 Å². The molecule has 1 rings (SSSR count). The molecule has 0 heterocycles. The molecule has 0 aliphatic heterocycles. The van der Waals surface area contributed by atoms with E-state index in [-0.39, 0.29) is 0 Å². The molecule has 1 aromatic rings. The summed E-state index contributed by atoms with van der Waals surface area (Å²) in [6, 6.07) is 10.3. The number of benzene rings is 1. The summed E-state index contributed by atoms with van der Waals surface area (Å²) in [5.74, 6) is 0. The van der Waals surface area contributed by atoms with Gasteiger partial charge in [0.2, 0.25) is 0 Å². The van der Waals surface area contributed by atoms with Crippen molar-refractivity contribution in [1.82, 2.24) is 0 Å². The van der Waals surface area contributed by atoms with Crippen LogP contribution in [-0.4, -0.2) is 6.29 Å². The summed E-state index contributed by atoms with van der Waals surface area (Å²) in [6.07, 6.45) is 2.47. The van der Waals surface area contributed by atoms with Crippen molar-refractivity contribution in [3.05, 3.63) is 60.7 Å². The van der Waals surface area contributed by atoms with Gasteiger partial charge in [-0.1, -0.05) is 60.7 Å². The van der Waals surface area contributed by atoms with Crippen molar-refractivity contribution >= 4 is 6.29 Å². The highest BCUT2D eigenvalue weighted by Crippen LogP contribution is 1.92. The monoisotopic (exact) mass is 204 g/mol. The Morgan fingerprint density at radius 2 is 1.60 bits per heavy atom. The fourth-order valence-corrected chi connectivity index (χ4v) is 0.534. The lowest BCUT2D eigenvalue weighted by molar-refractivity contribution is -0.106. The fourth-order valence-electron chi connectivity index (χ4n) is 0.534. The van der Waals surface area contributed by atoms with Crippen LogP contribution in [-0.2, 0) is 4.79 Å². The zero-order chi connectivity index (χ0) is 12.1. The standard InChI is InChI=1S/C7H8.C5H8.C2H4O/c1-7-5-3-2-4-6-7;1-4-5(2)3;1-2-3/h2-6H,1H3;4H,1-2H2,3H3;2H,1H3. The second kappa shape index (κ2) is 12.4. The zero-order valence-corrected chi connectivity index (χ0v) is 9.86. The summed E-state index contributed by atoms with van der Waals surface area (Å²) in [4.78, 5) is 8.81. The van der Waals surface area contributed by atoms with E-state index in [4.69, 9.17) is 4.79 Å². The van der Waals surface area contributed by atoms with E-state index in [0.29, 0.717) is 0 Å². The number of hydrogen-bond acceptors (Lipinski definition) is 1. The quantitative estimate of drug-likeness (QED) is 0.500. The van der Waals surface area contributed by atoms with E-state index in [1.54, 1.807) is 6.08 Å². The van der Waals surface area contributed by atoms with Crippen molar-refractivity contribution in [2.45, 2.75) is 20.8 Å². The second-order valence-corrected chi connectivity index (χ2v) is 2.94. The third kappa shape index (κ3) is 19.0. The molecule has 1 nitrogen and oxygen atoms in total. The van der Waals surface area contributed by atoms with E-state index in [9.17, 15) is 0 Å². The van der Waals surface area contributed by atoms with Crippen molar-refractivity contribution in [2.75, 3.05) is 0 Å². The minimum absolute atomic E-state index is 0.750. The highest BCUT2D eigenvalue weighted by Gasteiger charge is 1.72. The maximum Gasteiger partial charge on any atom is 0.116 e. The van der Waals surface area contributed by atoms with Crippen LogP contribution in [0.3, 0.4) is 0 Å². The third-order valence-corrected chi connectivity index (χ3v) is 1.29. The van der Waals surface area contributed by atoms with E-state index in [1.807, 2.05) is 25.1 Å². The van der Waals surface area contributed by atoms with Gasteiger partial charge in [-0.15, -0.1) is 0 Å². The average Bonchev–Trinajstić information content (AvgIpc) is 2.21. The smallest absolute Gasteiger partial charge is 0.116 e. The summed E-state index contributed by atoms with van der Waals surface area (Å²) in [7, 11) is 0. The number of allylic oxidation sites excluding steroid dienone is 2. The first-order chi connectivity index (χ1) is 7.08. The SMILES string of the molecule is C=CC(=C)C.CC=O.Cc1ccccc1. The molecule has 0 radical (unpaired) electrons. The Labute approximate surface area is 93.1 Å². The molecule has 0 atom stereocenters. The second-order valence-electron chi connectivity index (χ2n) is 2.94. The Morgan fingerprint density at radius 1 is 1.27 bits per heavy atom. The third-order valence-electron chi connectivity index (χ3n) is 1.29. The lowest BCUT2D eigenvalue weighted by Crippen LogP contribution is -1.62. The molecule has 0 unspecified atom stereocenters. The molecule has 0 fully saturated rings. The van der Waals surface area contributed by atoms with Gasteiger partial charge >= 0.3 is 0 Å². The number of rotatable bonds is 1. The molecule has 0 saturated carbocycles. The van der Waals surface area contributed by atoms with Crippen LogP contribution < -0.4 is 0 Å². The Kier molecular flexibility index (Phi) is 13.1. The van der Waals surface area contributed by atoms with E-state index < -0.39 is 0 Å². The van der Waals surface area contributed by atoms with Crippen molar-refractivity contribution in [2.24, 2.45) is 0 Å². The van der Waals surface area contributed by atoms with Crippen LogP contribution in [0.2, 0.25) is 0 Å². The predicted octanol–water partition coefficient (Wildman–Crippen LogP) is 3.95. The minimum atomic E-state index is 0.750. The zero-order valence-electron chi connectivity index (χ0n) is 9.86. The minimum Gasteiger partial charge on any atom is -0.304 e. The van der Waals surface area contributed by atoms with Gasteiger partial charge < -0.3 is 4.79 Å². The molecule has 0 saturated heterocycles. The van der Waals surface area contributed by atoms with E-state index in [1.165, 1.54) is 12.5 Å². The van der Waals surface area contributed by atoms with Gasteiger partial charge in [-0.3, -0.25) is 0 Å². The maximum absolute atomic E-state index is 8.81. The van der Waals surface area contributed by atoms with Crippen LogP contribution in [0.1, 0.15) is 19.4 Å². The molecular formula is C14H20O. The van der Waals surface area contributed by atoms with Crippen LogP contribution in [0.15, 0.2) is 55.1 Å². The Balaban J connectivity index is 0. The molecule has 0 spiro atoms. The van der Waals surface area contributed by atoms with Gasteiger partial charge in [0, 0.05) is 0 Å². The summed E-state index contributed by atoms with van der Waals surface area (Å²) in [6.45, 7) is 12.5. The highest BCUT2D eigenvalue weighted by molar-refractivity contribution is 5.44. The topological polar surface area (TPSA) is 17.1 Å². The van der Waals surface area contributed by atoms with Gasteiger partial charge in [0.1, 0.15) is 6.29 Å². The molecule has 15 heavy (non-hydrogen) atoms. The Morgan fingerprint density at radius 3 is 1.73 bits per heavy atom. The van der Waals surface area contributed by atoms with Crippen molar-refractivity contribution in [3.8, 4) is 0 Å². The van der Waals surface area contributed by atoms with Crippen LogP contribution in [0, 0.1) is 6.92 Å². The molecule has 1 aromatic carbocycles.